The Bertz CT molecular complexity index is 1200. The standard InChI is InChI=1S/C26H31N3O4/c1-17-7-8-20(14-18(17)2)16-28-10-9-21-25(23(32-4)15-24(30)29(21)12-11-28)26(31)27-19(3)22-6-5-13-33-22/h5-8,13-15,19H,9-12,16H2,1-4H3,(H,27,31). The lowest BCUT2D eigenvalue weighted by molar-refractivity contribution is 0.0930. The largest absolute Gasteiger partial charge is 0.496 e. The fourth-order valence-electron chi connectivity index (χ4n) is 4.39. The van der Waals surface area contributed by atoms with Crippen LogP contribution in [0.25, 0.3) is 0 Å². The average Bonchev–Trinajstić information content (AvgIpc) is 3.25. The lowest BCUT2D eigenvalue weighted by atomic mass is 10.1. The van der Waals surface area contributed by atoms with Gasteiger partial charge in [0.2, 0.25) is 0 Å². The Hall–Kier alpha value is -3.32. The summed E-state index contributed by atoms with van der Waals surface area (Å²) in [7, 11) is 1.49. The number of carbonyl (C=O) groups is 1. The van der Waals surface area contributed by atoms with Crippen molar-refractivity contribution in [2.45, 2.75) is 46.3 Å². The number of nitrogens with one attached hydrogen (secondary N) is 1. The molecule has 1 aromatic carbocycles. The van der Waals surface area contributed by atoms with Crippen LogP contribution >= 0.6 is 0 Å². The van der Waals surface area contributed by atoms with E-state index in [9.17, 15) is 9.59 Å². The van der Waals surface area contributed by atoms with Gasteiger partial charge in [0, 0.05) is 44.4 Å². The van der Waals surface area contributed by atoms with Gasteiger partial charge in [-0.15, -0.1) is 0 Å². The van der Waals surface area contributed by atoms with Gasteiger partial charge < -0.3 is 19.0 Å². The molecule has 0 saturated carbocycles. The lowest BCUT2D eigenvalue weighted by Crippen LogP contribution is -2.32. The third-order valence-corrected chi connectivity index (χ3v) is 6.43. The molecule has 2 aromatic heterocycles. The highest BCUT2D eigenvalue weighted by Gasteiger charge is 2.26. The van der Waals surface area contributed by atoms with Crippen molar-refractivity contribution in [3.8, 4) is 5.75 Å². The maximum Gasteiger partial charge on any atom is 0.257 e. The smallest absolute Gasteiger partial charge is 0.257 e. The van der Waals surface area contributed by atoms with Gasteiger partial charge in [0.15, 0.2) is 0 Å². The molecule has 1 unspecified atom stereocenters. The van der Waals surface area contributed by atoms with Crippen molar-refractivity contribution in [1.29, 1.82) is 0 Å². The normalized spacial score (nSPS) is 14.9. The summed E-state index contributed by atoms with van der Waals surface area (Å²) in [6, 6.07) is 11.2. The molecule has 7 heteroatoms. The molecule has 0 radical (unpaired) electrons. The fraction of sp³-hybridized carbons (Fsp3) is 0.385. The summed E-state index contributed by atoms with van der Waals surface area (Å²) in [4.78, 5) is 28.5. The zero-order valence-corrected chi connectivity index (χ0v) is 19.7. The summed E-state index contributed by atoms with van der Waals surface area (Å²) in [5, 5.41) is 2.98. The van der Waals surface area contributed by atoms with Gasteiger partial charge in [0.1, 0.15) is 17.1 Å². The van der Waals surface area contributed by atoms with Gasteiger partial charge in [-0.1, -0.05) is 18.2 Å². The third kappa shape index (κ3) is 4.88. The molecule has 0 saturated heterocycles. The molecule has 0 aliphatic carbocycles. The Morgan fingerprint density at radius 3 is 2.67 bits per heavy atom. The fourth-order valence-corrected chi connectivity index (χ4v) is 4.39. The molecule has 0 fully saturated rings. The number of benzene rings is 1. The molecule has 1 aliphatic heterocycles. The predicted octanol–water partition coefficient (Wildman–Crippen LogP) is 3.62. The van der Waals surface area contributed by atoms with E-state index in [-0.39, 0.29) is 17.5 Å². The number of fused-ring (bicyclic) bond motifs is 1. The van der Waals surface area contributed by atoms with Gasteiger partial charge in [-0.25, -0.2) is 0 Å². The van der Waals surface area contributed by atoms with Gasteiger partial charge in [-0.05, 0) is 49.6 Å². The summed E-state index contributed by atoms with van der Waals surface area (Å²) in [6.07, 6.45) is 2.16. The van der Waals surface area contributed by atoms with Crippen molar-refractivity contribution in [3.63, 3.8) is 0 Å². The Balaban J connectivity index is 1.59. The maximum atomic E-state index is 13.3. The van der Waals surface area contributed by atoms with Crippen LogP contribution in [-0.2, 0) is 19.5 Å². The molecule has 1 aliphatic rings. The van der Waals surface area contributed by atoms with Crippen molar-refractivity contribution < 1.29 is 13.9 Å². The van der Waals surface area contributed by atoms with E-state index in [2.05, 4.69) is 42.3 Å². The number of carbonyl (C=O) groups excluding carboxylic acids is 1. The van der Waals surface area contributed by atoms with Crippen LogP contribution in [0.5, 0.6) is 5.75 Å². The van der Waals surface area contributed by atoms with Crippen LogP contribution in [-0.4, -0.2) is 35.6 Å². The van der Waals surface area contributed by atoms with Gasteiger partial charge in [-0.2, -0.15) is 0 Å². The molecule has 1 atom stereocenters. The molecule has 7 nitrogen and oxygen atoms in total. The number of furan rings is 1. The number of rotatable bonds is 6. The van der Waals surface area contributed by atoms with E-state index < -0.39 is 0 Å². The number of hydrogen-bond acceptors (Lipinski definition) is 5. The number of methoxy groups -OCH3 is 1. The maximum absolute atomic E-state index is 13.3. The van der Waals surface area contributed by atoms with Crippen molar-refractivity contribution in [2.75, 3.05) is 20.2 Å². The first kappa shape index (κ1) is 22.9. The minimum absolute atomic E-state index is 0.148. The number of nitrogens with zero attached hydrogens (tertiary/aromatic N) is 2. The summed E-state index contributed by atoms with van der Waals surface area (Å²) >= 11 is 0. The van der Waals surface area contributed by atoms with E-state index >= 15 is 0 Å². The molecule has 174 valence electrons. The molecular weight excluding hydrogens is 418 g/mol. The summed E-state index contributed by atoms with van der Waals surface area (Å²) in [5.41, 5.74) is 4.79. The molecular formula is C26H31N3O4. The third-order valence-electron chi connectivity index (χ3n) is 6.43. The number of amides is 1. The first-order valence-electron chi connectivity index (χ1n) is 11.3. The van der Waals surface area contributed by atoms with Gasteiger partial charge in [0.25, 0.3) is 11.5 Å². The molecule has 33 heavy (non-hydrogen) atoms. The monoisotopic (exact) mass is 449 g/mol. The number of ether oxygens (including phenoxy) is 1. The zero-order chi connectivity index (χ0) is 23.5. The van der Waals surface area contributed by atoms with Crippen LogP contribution < -0.4 is 15.6 Å². The average molecular weight is 450 g/mol. The van der Waals surface area contributed by atoms with Crippen LogP contribution in [0, 0.1) is 13.8 Å². The van der Waals surface area contributed by atoms with Gasteiger partial charge >= 0.3 is 0 Å². The van der Waals surface area contributed by atoms with E-state index in [4.69, 9.17) is 9.15 Å². The molecule has 0 spiro atoms. The van der Waals surface area contributed by atoms with Gasteiger partial charge in [0.05, 0.1) is 19.4 Å². The predicted molar refractivity (Wildman–Crippen MR) is 127 cm³/mol. The van der Waals surface area contributed by atoms with Crippen molar-refractivity contribution in [1.82, 2.24) is 14.8 Å². The second-order valence-corrected chi connectivity index (χ2v) is 8.68. The second-order valence-electron chi connectivity index (χ2n) is 8.68. The number of hydrogen-bond donors (Lipinski definition) is 1. The Morgan fingerprint density at radius 1 is 1.15 bits per heavy atom. The van der Waals surface area contributed by atoms with E-state index in [1.807, 2.05) is 13.0 Å². The highest BCUT2D eigenvalue weighted by molar-refractivity contribution is 5.98. The number of aromatic nitrogens is 1. The van der Waals surface area contributed by atoms with Crippen LogP contribution in [0.4, 0.5) is 0 Å². The molecule has 4 rings (SSSR count). The quantitative estimate of drug-likeness (QED) is 0.622. The molecule has 1 N–H and O–H groups in total. The van der Waals surface area contributed by atoms with Crippen LogP contribution in [0.15, 0.2) is 51.9 Å². The molecule has 3 aromatic rings. The van der Waals surface area contributed by atoms with Crippen molar-refractivity contribution in [2.24, 2.45) is 0 Å². The highest BCUT2D eigenvalue weighted by Crippen LogP contribution is 2.25. The summed E-state index contributed by atoms with van der Waals surface area (Å²) in [5.74, 6) is 0.696. The summed E-state index contributed by atoms with van der Waals surface area (Å²) in [6.45, 7) is 8.90. The lowest BCUT2D eigenvalue weighted by Gasteiger charge is -2.20. The summed E-state index contributed by atoms with van der Waals surface area (Å²) < 4.78 is 12.6. The second kappa shape index (κ2) is 9.67. The Morgan fingerprint density at radius 2 is 1.97 bits per heavy atom. The highest BCUT2D eigenvalue weighted by atomic mass is 16.5. The molecule has 0 bridgehead atoms. The van der Waals surface area contributed by atoms with E-state index in [0.29, 0.717) is 35.7 Å². The van der Waals surface area contributed by atoms with Crippen LogP contribution in [0.2, 0.25) is 0 Å². The van der Waals surface area contributed by atoms with Crippen molar-refractivity contribution >= 4 is 5.91 Å². The van der Waals surface area contributed by atoms with Crippen molar-refractivity contribution in [3.05, 3.63) is 86.7 Å². The number of aryl methyl sites for hydroxylation is 2. The first-order chi connectivity index (χ1) is 15.9. The minimum Gasteiger partial charge on any atom is -0.496 e. The minimum atomic E-state index is -0.308. The SMILES string of the molecule is COc1cc(=O)n2c(c1C(=O)NC(C)c1ccco1)CCN(Cc1ccc(C)c(C)c1)CC2. The molecule has 1 amide bonds. The topological polar surface area (TPSA) is 76.7 Å². The van der Waals surface area contributed by atoms with Crippen LogP contribution in [0.3, 0.4) is 0 Å². The number of pyridine rings is 1. The molecule has 3 heterocycles. The first-order valence-corrected chi connectivity index (χ1v) is 11.3. The van der Waals surface area contributed by atoms with Crippen LogP contribution in [0.1, 0.15) is 51.5 Å². The Kier molecular flexibility index (Phi) is 6.70. The zero-order valence-electron chi connectivity index (χ0n) is 19.7. The van der Waals surface area contributed by atoms with Gasteiger partial charge in [-0.3, -0.25) is 14.5 Å². The van der Waals surface area contributed by atoms with E-state index in [1.165, 1.54) is 29.9 Å². The van der Waals surface area contributed by atoms with E-state index in [1.54, 1.807) is 16.9 Å². The Labute approximate surface area is 194 Å². The van der Waals surface area contributed by atoms with E-state index in [0.717, 1.165) is 19.6 Å².